The van der Waals surface area contributed by atoms with Crippen molar-refractivity contribution in [3.63, 3.8) is 0 Å². The minimum Gasteiger partial charge on any atom is -0.338 e. The summed E-state index contributed by atoms with van der Waals surface area (Å²) < 4.78 is 58.4. The van der Waals surface area contributed by atoms with Crippen LogP contribution in [-0.4, -0.2) is 62.6 Å². The van der Waals surface area contributed by atoms with E-state index in [2.05, 4.69) is 0 Å². The van der Waals surface area contributed by atoms with Gasteiger partial charge in [-0.25, -0.2) is 8.42 Å². The van der Waals surface area contributed by atoms with Crippen LogP contribution in [0.3, 0.4) is 0 Å². The van der Waals surface area contributed by atoms with Crippen molar-refractivity contribution < 1.29 is 26.4 Å². The van der Waals surface area contributed by atoms with E-state index in [-0.39, 0.29) is 18.1 Å². The lowest BCUT2D eigenvalue weighted by molar-refractivity contribution is -0.135. The molecule has 1 fully saturated rings. The number of nitrogens with zero attached hydrogens (tertiary/aromatic N) is 1. The zero-order valence-electron chi connectivity index (χ0n) is 10.5. The highest BCUT2D eigenvalue weighted by atomic mass is 32.2. The maximum Gasteiger partial charge on any atom is 0.401 e. The molecule has 1 N–H and O–H groups in total. The molecule has 0 aromatic heterocycles. The van der Waals surface area contributed by atoms with Gasteiger partial charge in [0.15, 0.2) is 9.84 Å². The average molecular weight is 302 g/mol. The predicted octanol–water partition coefficient (Wildman–Crippen LogP) is 0.174. The Morgan fingerprint density at radius 1 is 1.42 bits per heavy atom. The first-order valence-electron chi connectivity index (χ1n) is 5.92. The second-order valence-electron chi connectivity index (χ2n) is 4.46. The van der Waals surface area contributed by atoms with Crippen molar-refractivity contribution in [2.75, 3.05) is 31.1 Å². The maximum absolute atomic E-state index is 11.9. The van der Waals surface area contributed by atoms with Gasteiger partial charge in [-0.1, -0.05) is 0 Å². The van der Waals surface area contributed by atoms with Gasteiger partial charge in [-0.05, 0) is 13.3 Å². The zero-order valence-corrected chi connectivity index (χ0v) is 11.4. The van der Waals surface area contributed by atoms with E-state index in [1.54, 1.807) is 6.92 Å². The van der Waals surface area contributed by atoms with Gasteiger partial charge in [0.05, 0.1) is 24.6 Å². The van der Waals surface area contributed by atoms with Crippen LogP contribution in [0.2, 0.25) is 0 Å². The second kappa shape index (κ2) is 6.08. The Morgan fingerprint density at radius 3 is 2.47 bits per heavy atom. The molecule has 0 aromatic carbocycles. The summed E-state index contributed by atoms with van der Waals surface area (Å²) in [6, 6.07) is -0.421. The standard InChI is InChI=1S/C10H17F3N2O3S/c1-2-15(8-3-4-19(17,18)6-8)9(16)5-14-7-10(11,12)13/h8,14H,2-7H2,1H3. The molecule has 1 heterocycles. The number of halogens is 3. The number of hydrogen-bond donors (Lipinski definition) is 1. The number of alkyl halides is 3. The number of likely N-dealkylation sites (N-methyl/N-ethyl adjacent to an activating group) is 1. The summed E-state index contributed by atoms with van der Waals surface area (Å²) in [6.45, 7) is 0.280. The van der Waals surface area contributed by atoms with Crippen molar-refractivity contribution in [3.8, 4) is 0 Å². The first-order chi connectivity index (χ1) is 8.64. The number of rotatable bonds is 5. The summed E-state index contributed by atoms with van der Waals surface area (Å²) in [5.74, 6) is -0.586. The minimum absolute atomic E-state index is 0.0252. The van der Waals surface area contributed by atoms with Gasteiger partial charge in [0.25, 0.3) is 0 Å². The van der Waals surface area contributed by atoms with Crippen molar-refractivity contribution in [2.24, 2.45) is 0 Å². The van der Waals surface area contributed by atoms with Gasteiger partial charge in [-0.2, -0.15) is 13.2 Å². The highest BCUT2D eigenvalue weighted by Gasteiger charge is 2.34. The van der Waals surface area contributed by atoms with Gasteiger partial charge < -0.3 is 10.2 Å². The Balaban J connectivity index is 2.49. The van der Waals surface area contributed by atoms with Crippen LogP contribution in [0.5, 0.6) is 0 Å². The molecule has 1 aliphatic heterocycles. The molecule has 0 aromatic rings. The van der Waals surface area contributed by atoms with Crippen LogP contribution in [0.25, 0.3) is 0 Å². The highest BCUT2D eigenvalue weighted by Crippen LogP contribution is 2.17. The predicted molar refractivity (Wildman–Crippen MR) is 63.4 cm³/mol. The van der Waals surface area contributed by atoms with E-state index in [1.807, 2.05) is 5.32 Å². The van der Waals surface area contributed by atoms with Gasteiger partial charge in [0.2, 0.25) is 5.91 Å². The molecular formula is C10H17F3N2O3S. The molecule has 5 nitrogen and oxygen atoms in total. The van der Waals surface area contributed by atoms with Gasteiger partial charge in [0.1, 0.15) is 0 Å². The molecule has 1 saturated heterocycles. The van der Waals surface area contributed by atoms with Crippen LogP contribution in [-0.2, 0) is 14.6 Å². The third-order valence-electron chi connectivity index (χ3n) is 2.91. The monoisotopic (exact) mass is 302 g/mol. The summed E-state index contributed by atoms with van der Waals surface area (Å²) in [7, 11) is -3.12. The molecule has 0 saturated carbocycles. The fourth-order valence-electron chi connectivity index (χ4n) is 2.07. The molecule has 9 heteroatoms. The van der Waals surface area contributed by atoms with Crippen molar-refractivity contribution in [3.05, 3.63) is 0 Å². The Labute approximate surface area is 110 Å². The number of amides is 1. The van der Waals surface area contributed by atoms with Crippen molar-refractivity contribution >= 4 is 15.7 Å². The Kier molecular flexibility index (Phi) is 5.19. The molecule has 1 aliphatic rings. The average Bonchev–Trinajstić information content (AvgIpc) is 2.58. The maximum atomic E-state index is 11.9. The second-order valence-corrected chi connectivity index (χ2v) is 6.68. The first kappa shape index (κ1) is 16.2. The quantitative estimate of drug-likeness (QED) is 0.786. The SMILES string of the molecule is CCN(C(=O)CNCC(F)(F)F)C1CCS(=O)(=O)C1. The fourth-order valence-corrected chi connectivity index (χ4v) is 3.80. The number of nitrogens with one attached hydrogen (secondary N) is 1. The van der Waals surface area contributed by atoms with E-state index in [1.165, 1.54) is 4.90 Å². The molecule has 0 spiro atoms. The number of carbonyl (C=O) groups is 1. The first-order valence-corrected chi connectivity index (χ1v) is 7.74. The largest absolute Gasteiger partial charge is 0.401 e. The molecule has 0 bridgehead atoms. The van der Waals surface area contributed by atoms with E-state index < -0.39 is 41.1 Å². The molecule has 0 aliphatic carbocycles. The topological polar surface area (TPSA) is 66.5 Å². The Bertz CT molecular complexity index is 422. The van der Waals surface area contributed by atoms with E-state index in [9.17, 15) is 26.4 Å². The minimum atomic E-state index is -4.37. The molecule has 1 amide bonds. The normalized spacial score (nSPS) is 22.4. The molecule has 1 unspecified atom stereocenters. The Hall–Kier alpha value is -0.830. The molecule has 0 radical (unpaired) electrons. The number of hydrogen-bond acceptors (Lipinski definition) is 4. The molecule has 1 rings (SSSR count). The lowest BCUT2D eigenvalue weighted by Gasteiger charge is -2.27. The lowest BCUT2D eigenvalue weighted by Crippen LogP contribution is -2.46. The van der Waals surface area contributed by atoms with E-state index in [0.717, 1.165) is 0 Å². The van der Waals surface area contributed by atoms with Crippen LogP contribution in [0.4, 0.5) is 13.2 Å². The van der Waals surface area contributed by atoms with E-state index in [0.29, 0.717) is 6.42 Å². The lowest BCUT2D eigenvalue weighted by atomic mass is 10.2. The summed E-state index contributed by atoms with van der Waals surface area (Å²) >= 11 is 0. The summed E-state index contributed by atoms with van der Waals surface area (Å²) in [5.41, 5.74) is 0. The van der Waals surface area contributed by atoms with Gasteiger partial charge in [-0.15, -0.1) is 0 Å². The fraction of sp³-hybridized carbons (Fsp3) is 0.900. The molecule has 1 atom stereocenters. The third-order valence-corrected chi connectivity index (χ3v) is 4.66. The van der Waals surface area contributed by atoms with Crippen LogP contribution < -0.4 is 5.32 Å². The van der Waals surface area contributed by atoms with E-state index >= 15 is 0 Å². The summed E-state index contributed by atoms with van der Waals surface area (Å²) in [4.78, 5) is 13.1. The highest BCUT2D eigenvalue weighted by molar-refractivity contribution is 7.91. The van der Waals surface area contributed by atoms with E-state index in [4.69, 9.17) is 0 Å². The Morgan fingerprint density at radius 2 is 2.05 bits per heavy atom. The van der Waals surface area contributed by atoms with Gasteiger partial charge >= 0.3 is 6.18 Å². The summed E-state index contributed by atoms with van der Waals surface area (Å²) in [5, 5.41) is 2.02. The van der Waals surface area contributed by atoms with Crippen LogP contribution in [0, 0.1) is 0 Å². The van der Waals surface area contributed by atoms with Gasteiger partial charge in [-0.3, -0.25) is 4.79 Å². The molecule has 112 valence electrons. The third kappa shape index (κ3) is 5.35. The molecule has 19 heavy (non-hydrogen) atoms. The van der Waals surface area contributed by atoms with Crippen LogP contribution >= 0.6 is 0 Å². The van der Waals surface area contributed by atoms with Crippen molar-refractivity contribution in [2.45, 2.75) is 25.6 Å². The zero-order chi connectivity index (χ0) is 14.7. The van der Waals surface area contributed by atoms with Crippen molar-refractivity contribution in [1.82, 2.24) is 10.2 Å². The summed E-state index contributed by atoms with van der Waals surface area (Å²) in [6.07, 6.45) is -4.02. The van der Waals surface area contributed by atoms with Gasteiger partial charge in [0, 0.05) is 12.6 Å². The molecular weight excluding hydrogens is 285 g/mol. The van der Waals surface area contributed by atoms with Crippen molar-refractivity contribution in [1.29, 1.82) is 0 Å². The number of carbonyl (C=O) groups excluding carboxylic acids is 1. The smallest absolute Gasteiger partial charge is 0.338 e. The van der Waals surface area contributed by atoms with Crippen LogP contribution in [0.15, 0.2) is 0 Å². The number of sulfone groups is 1. The van der Waals surface area contributed by atoms with Crippen LogP contribution in [0.1, 0.15) is 13.3 Å².